The predicted octanol–water partition coefficient (Wildman–Crippen LogP) is 1.74. The molecule has 0 spiro atoms. The van der Waals surface area contributed by atoms with E-state index >= 15 is 0 Å². The molecule has 0 bridgehead atoms. The van der Waals surface area contributed by atoms with Gasteiger partial charge in [0.05, 0.1) is 5.69 Å². The van der Waals surface area contributed by atoms with E-state index in [1.165, 1.54) is 0 Å². The number of rotatable bonds is 2. The number of aromatic nitrogens is 3. The number of nitrogens with one attached hydrogen (secondary N) is 3. The van der Waals surface area contributed by atoms with Gasteiger partial charge in [0.2, 0.25) is 0 Å². The Morgan fingerprint density at radius 3 is 2.96 bits per heavy atom. The van der Waals surface area contributed by atoms with Crippen LogP contribution in [-0.2, 0) is 4.74 Å². The maximum absolute atomic E-state index is 12.0. The summed E-state index contributed by atoms with van der Waals surface area (Å²) in [7, 11) is 0. The number of ether oxygens (including phenoxy) is 1. The maximum Gasteiger partial charge on any atom is 0.407 e. The minimum atomic E-state index is -0.514. The van der Waals surface area contributed by atoms with Gasteiger partial charge < -0.3 is 19.9 Å². The molecule has 0 aliphatic carbocycles. The summed E-state index contributed by atoms with van der Waals surface area (Å²) in [6, 6.07) is 1.88. The molecule has 130 valence electrons. The van der Waals surface area contributed by atoms with Crippen LogP contribution < -0.4 is 15.9 Å². The van der Waals surface area contributed by atoms with Crippen LogP contribution in [0.4, 0.5) is 10.5 Å². The molecule has 8 heteroatoms. The van der Waals surface area contributed by atoms with Crippen molar-refractivity contribution in [3.05, 3.63) is 22.7 Å². The molecule has 1 fully saturated rings. The molecule has 1 saturated heterocycles. The number of hydrogen-bond acceptors (Lipinski definition) is 5. The van der Waals surface area contributed by atoms with Gasteiger partial charge >= 0.3 is 11.8 Å². The smallest absolute Gasteiger partial charge is 0.407 e. The molecule has 0 unspecified atom stereocenters. The van der Waals surface area contributed by atoms with E-state index in [0.717, 1.165) is 25.1 Å². The number of anilines is 1. The summed E-state index contributed by atoms with van der Waals surface area (Å²) < 4.78 is 5.32. The highest BCUT2D eigenvalue weighted by Crippen LogP contribution is 2.25. The normalized spacial score (nSPS) is 18.6. The second-order valence-corrected chi connectivity index (χ2v) is 7.06. The topological polar surface area (TPSA) is 103 Å². The van der Waals surface area contributed by atoms with Crippen LogP contribution >= 0.6 is 0 Å². The summed E-state index contributed by atoms with van der Waals surface area (Å²) >= 11 is 0. The molecule has 3 rings (SSSR count). The van der Waals surface area contributed by atoms with E-state index in [1.807, 2.05) is 26.8 Å². The highest BCUT2D eigenvalue weighted by Gasteiger charge is 2.25. The van der Waals surface area contributed by atoms with Crippen molar-refractivity contribution in [1.29, 1.82) is 0 Å². The fourth-order valence-corrected chi connectivity index (χ4v) is 2.97. The Hall–Kier alpha value is -2.51. The Balaban J connectivity index is 1.73. The number of nitrogens with zero attached hydrogens (tertiary/aromatic N) is 2. The highest BCUT2D eigenvalue weighted by atomic mass is 16.6. The molecule has 1 aliphatic rings. The summed E-state index contributed by atoms with van der Waals surface area (Å²) in [4.78, 5) is 35.3. The zero-order valence-corrected chi connectivity index (χ0v) is 14.2. The van der Waals surface area contributed by atoms with E-state index in [1.54, 1.807) is 6.20 Å². The van der Waals surface area contributed by atoms with Crippen LogP contribution in [0.3, 0.4) is 0 Å². The van der Waals surface area contributed by atoms with Crippen molar-refractivity contribution in [1.82, 2.24) is 20.3 Å². The van der Waals surface area contributed by atoms with Gasteiger partial charge in [-0.2, -0.15) is 0 Å². The molecular weight excluding hydrogens is 310 g/mol. The molecule has 0 aromatic carbocycles. The molecule has 3 N–H and O–H groups in total. The standard InChI is InChI=1S/C16H23N5O3/c1-16(2,3)24-15(23)18-10-5-4-8-21(9-10)11-6-7-17-13-12(11)19-14(22)20-13/h6-7,10H,4-5,8-9H2,1-3H3,(H,18,23)(H2,17,19,20,22)/t10-/m1/s1. The summed E-state index contributed by atoms with van der Waals surface area (Å²) in [5.41, 5.74) is 1.36. The van der Waals surface area contributed by atoms with E-state index in [0.29, 0.717) is 17.7 Å². The van der Waals surface area contributed by atoms with E-state index in [-0.39, 0.29) is 11.7 Å². The maximum atomic E-state index is 12.0. The van der Waals surface area contributed by atoms with Crippen molar-refractivity contribution in [3.8, 4) is 0 Å². The number of amides is 1. The first-order valence-electron chi connectivity index (χ1n) is 8.13. The van der Waals surface area contributed by atoms with Crippen LogP contribution in [0.5, 0.6) is 0 Å². The quantitative estimate of drug-likeness (QED) is 0.777. The van der Waals surface area contributed by atoms with Crippen molar-refractivity contribution in [2.75, 3.05) is 18.0 Å². The zero-order chi connectivity index (χ0) is 17.3. The van der Waals surface area contributed by atoms with Gasteiger partial charge in [0.25, 0.3) is 0 Å². The SMILES string of the molecule is CC(C)(C)OC(=O)N[C@@H]1CCCN(c2ccnc3[nH]c(=O)[nH]c23)C1. The van der Waals surface area contributed by atoms with Gasteiger partial charge in [-0.3, -0.25) is 4.98 Å². The number of aromatic amines is 2. The van der Waals surface area contributed by atoms with Crippen LogP contribution in [0.1, 0.15) is 33.6 Å². The van der Waals surface area contributed by atoms with E-state index < -0.39 is 11.7 Å². The largest absolute Gasteiger partial charge is 0.444 e. The molecule has 3 heterocycles. The number of alkyl carbamates (subject to hydrolysis) is 1. The fourth-order valence-electron chi connectivity index (χ4n) is 2.97. The average Bonchev–Trinajstić information content (AvgIpc) is 2.85. The molecule has 1 aliphatic heterocycles. The van der Waals surface area contributed by atoms with Gasteiger partial charge in [-0.1, -0.05) is 0 Å². The lowest BCUT2D eigenvalue weighted by molar-refractivity contribution is 0.0500. The van der Waals surface area contributed by atoms with Crippen molar-refractivity contribution >= 4 is 22.9 Å². The third-order valence-electron chi connectivity index (χ3n) is 3.88. The number of carbonyl (C=O) groups excluding carboxylic acids is 1. The van der Waals surface area contributed by atoms with Crippen LogP contribution in [0.2, 0.25) is 0 Å². The van der Waals surface area contributed by atoms with Gasteiger partial charge in [0, 0.05) is 25.3 Å². The second kappa shape index (κ2) is 6.18. The number of pyridine rings is 1. The lowest BCUT2D eigenvalue weighted by Crippen LogP contribution is -2.49. The van der Waals surface area contributed by atoms with E-state index in [2.05, 4.69) is 25.2 Å². The number of imidazole rings is 1. The molecule has 1 atom stereocenters. The number of hydrogen-bond donors (Lipinski definition) is 3. The molecule has 0 radical (unpaired) electrons. The number of H-pyrrole nitrogens is 2. The monoisotopic (exact) mass is 333 g/mol. The zero-order valence-electron chi connectivity index (χ0n) is 14.2. The number of piperidine rings is 1. The Labute approximate surface area is 139 Å². The summed E-state index contributed by atoms with van der Waals surface area (Å²) in [5, 5.41) is 2.93. The first-order valence-corrected chi connectivity index (χ1v) is 8.13. The molecule has 2 aromatic rings. The average molecular weight is 333 g/mol. The highest BCUT2D eigenvalue weighted by molar-refractivity contribution is 5.85. The van der Waals surface area contributed by atoms with Gasteiger partial charge in [-0.15, -0.1) is 0 Å². The Morgan fingerprint density at radius 2 is 2.21 bits per heavy atom. The fraction of sp³-hybridized carbons (Fsp3) is 0.562. The van der Waals surface area contributed by atoms with Crippen LogP contribution in [-0.4, -0.2) is 45.8 Å². The van der Waals surface area contributed by atoms with Crippen LogP contribution in [0, 0.1) is 0 Å². The van der Waals surface area contributed by atoms with Crippen LogP contribution in [0.15, 0.2) is 17.1 Å². The third-order valence-corrected chi connectivity index (χ3v) is 3.88. The Morgan fingerprint density at radius 1 is 1.42 bits per heavy atom. The van der Waals surface area contributed by atoms with Crippen molar-refractivity contribution < 1.29 is 9.53 Å². The van der Waals surface area contributed by atoms with Crippen LogP contribution in [0.25, 0.3) is 11.2 Å². The summed E-state index contributed by atoms with van der Waals surface area (Å²) in [6.07, 6.45) is 3.11. The van der Waals surface area contributed by atoms with Gasteiger partial charge in [-0.05, 0) is 39.7 Å². The van der Waals surface area contributed by atoms with Crippen molar-refractivity contribution in [3.63, 3.8) is 0 Å². The predicted molar refractivity (Wildman–Crippen MR) is 91.3 cm³/mol. The van der Waals surface area contributed by atoms with E-state index in [4.69, 9.17) is 4.74 Å². The summed E-state index contributed by atoms with van der Waals surface area (Å²) in [5.74, 6) is 0. The molecule has 2 aromatic heterocycles. The minimum absolute atomic E-state index is 0.00230. The van der Waals surface area contributed by atoms with E-state index in [9.17, 15) is 9.59 Å². The van der Waals surface area contributed by atoms with Gasteiger partial charge in [0.1, 0.15) is 11.1 Å². The van der Waals surface area contributed by atoms with Gasteiger partial charge in [0.15, 0.2) is 5.65 Å². The number of carbonyl (C=O) groups is 1. The molecule has 1 amide bonds. The lowest BCUT2D eigenvalue weighted by Gasteiger charge is -2.35. The molecule has 24 heavy (non-hydrogen) atoms. The first kappa shape index (κ1) is 16.4. The lowest BCUT2D eigenvalue weighted by atomic mass is 10.1. The summed E-state index contributed by atoms with van der Waals surface area (Å²) in [6.45, 7) is 7.05. The number of fused-ring (bicyclic) bond motifs is 1. The first-order chi connectivity index (χ1) is 11.3. The second-order valence-electron chi connectivity index (χ2n) is 7.06. The molecule has 8 nitrogen and oxygen atoms in total. The van der Waals surface area contributed by atoms with Crippen molar-refractivity contribution in [2.45, 2.75) is 45.3 Å². The molecular formula is C16H23N5O3. The van der Waals surface area contributed by atoms with Gasteiger partial charge in [-0.25, -0.2) is 14.6 Å². The Bertz CT molecular complexity index is 789. The third kappa shape index (κ3) is 3.69. The Kier molecular flexibility index (Phi) is 4.21. The van der Waals surface area contributed by atoms with Crippen molar-refractivity contribution in [2.24, 2.45) is 0 Å². The molecule has 0 saturated carbocycles. The minimum Gasteiger partial charge on any atom is -0.444 e.